The Bertz CT molecular complexity index is 1190. The van der Waals surface area contributed by atoms with Crippen molar-refractivity contribution in [3.8, 4) is 0 Å². The Morgan fingerprint density at radius 3 is 2.29 bits per heavy atom. The second-order valence-electron chi connectivity index (χ2n) is 8.40. The van der Waals surface area contributed by atoms with Gasteiger partial charge >= 0.3 is 0 Å². The molecule has 0 fully saturated rings. The van der Waals surface area contributed by atoms with E-state index in [4.69, 9.17) is 4.99 Å². The zero-order valence-corrected chi connectivity index (χ0v) is 23.4. The number of benzene rings is 2. The molecule has 0 aliphatic carbocycles. The summed E-state index contributed by atoms with van der Waals surface area (Å²) in [5.41, 5.74) is 3.83. The van der Waals surface area contributed by atoms with Gasteiger partial charge in [0.25, 0.3) is 5.91 Å². The molecule has 1 atom stereocenters. The van der Waals surface area contributed by atoms with Crippen LogP contribution in [0.4, 0.5) is 4.39 Å². The molecule has 1 heterocycles. The average Bonchev–Trinajstić information content (AvgIpc) is 3.10. The third-order valence-electron chi connectivity index (χ3n) is 5.62. The largest absolute Gasteiger partial charge is 0.355 e. The highest BCUT2D eigenvalue weighted by Gasteiger charge is 2.15. The van der Waals surface area contributed by atoms with E-state index in [2.05, 4.69) is 66.9 Å². The molecule has 0 spiro atoms. The summed E-state index contributed by atoms with van der Waals surface area (Å²) in [6.07, 6.45) is 0. The first-order valence-corrected chi connectivity index (χ1v) is 12.9. The van der Waals surface area contributed by atoms with Crippen LogP contribution >= 0.6 is 31.9 Å². The Morgan fingerprint density at radius 1 is 1.06 bits per heavy atom. The number of nitrogens with one attached hydrogen (secondary N) is 3. The number of aryl methyl sites for hydroxylation is 2. The topological polar surface area (TPSA) is 70.5 Å². The van der Waals surface area contributed by atoms with E-state index in [1.807, 2.05) is 37.4 Å². The maximum absolute atomic E-state index is 14.0. The molecule has 0 bridgehead atoms. The zero-order valence-electron chi connectivity index (χ0n) is 20.3. The Balaban J connectivity index is 1.66. The van der Waals surface area contributed by atoms with Crippen LogP contribution < -0.4 is 16.0 Å². The lowest BCUT2D eigenvalue weighted by Crippen LogP contribution is -2.42. The highest BCUT2D eigenvalue weighted by Crippen LogP contribution is 2.26. The summed E-state index contributed by atoms with van der Waals surface area (Å²) in [6, 6.07) is 15.5. The van der Waals surface area contributed by atoms with Crippen LogP contribution in [-0.2, 0) is 13.6 Å². The van der Waals surface area contributed by atoms with Crippen molar-refractivity contribution in [1.82, 2.24) is 20.5 Å². The number of hydrogen-bond donors (Lipinski definition) is 3. The van der Waals surface area contributed by atoms with Crippen molar-refractivity contribution in [2.75, 3.05) is 13.1 Å². The highest BCUT2D eigenvalue weighted by atomic mass is 79.9. The number of halogens is 3. The lowest BCUT2D eigenvalue weighted by Gasteiger charge is -2.19. The molecule has 1 aromatic heterocycles. The molecule has 1 amide bonds. The molecular weight excluding hydrogens is 577 g/mol. The zero-order chi connectivity index (χ0) is 25.5. The van der Waals surface area contributed by atoms with Gasteiger partial charge in [-0.25, -0.2) is 9.38 Å². The Hall–Kier alpha value is -2.65. The highest BCUT2D eigenvalue weighted by molar-refractivity contribution is 9.13. The average molecular weight is 607 g/mol. The molecule has 0 saturated heterocycles. The van der Waals surface area contributed by atoms with E-state index in [0.29, 0.717) is 42.4 Å². The van der Waals surface area contributed by atoms with E-state index in [-0.39, 0.29) is 17.8 Å². The molecule has 3 N–H and O–H groups in total. The van der Waals surface area contributed by atoms with Gasteiger partial charge in [0.15, 0.2) is 5.96 Å². The number of carbonyl (C=O) groups is 1. The van der Waals surface area contributed by atoms with Crippen LogP contribution in [0, 0.1) is 19.7 Å². The number of carbonyl (C=O) groups excluding carboxylic acids is 1. The Morgan fingerprint density at radius 2 is 1.69 bits per heavy atom. The Kier molecular flexibility index (Phi) is 9.51. The van der Waals surface area contributed by atoms with Crippen molar-refractivity contribution < 1.29 is 9.18 Å². The number of guanidine groups is 1. The van der Waals surface area contributed by atoms with Gasteiger partial charge in [0, 0.05) is 20.1 Å². The van der Waals surface area contributed by atoms with Crippen LogP contribution in [0.1, 0.15) is 45.7 Å². The van der Waals surface area contributed by atoms with E-state index in [0.717, 1.165) is 20.2 Å². The molecule has 6 nitrogen and oxygen atoms in total. The van der Waals surface area contributed by atoms with Gasteiger partial charge in [-0.05, 0) is 81.0 Å². The summed E-state index contributed by atoms with van der Waals surface area (Å²) in [4.78, 5) is 17.3. The van der Waals surface area contributed by atoms with Gasteiger partial charge in [-0.2, -0.15) is 0 Å². The fraction of sp³-hybridized carbons (Fsp3) is 0.308. The minimum atomic E-state index is -0.181. The monoisotopic (exact) mass is 605 g/mol. The lowest BCUT2D eigenvalue weighted by atomic mass is 10.1. The van der Waals surface area contributed by atoms with Crippen LogP contribution in [0.3, 0.4) is 0 Å². The smallest absolute Gasteiger partial charge is 0.268 e. The minimum Gasteiger partial charge on any atom is -0.355 e. The molecular formula is C26H30Br2FN5O. The first kappa shape index (κ1) is 26.9. The summed E-state index contributed by atoms with van der Waals surface area (Å²) in [5, 5.41) is 9.64. The normalized spacial score (nSPS) is 12.4. The molecule has 0 radical (unpaired) electrons. The number of aromatic nitrogens is 1. The summed E-state index contributed by atoms with van der Waals surface area (Å²) in [5.74, 6) is 0.265. The fourth-order valence-corrected chi connectivity index (χ4v) is 4.48. The van der Waals surface area contributed by atoms with Crippen LogP contribution in [0.15, 0.2) is 62.6 Å². The predicted molar refractivity (Wildman–Crippen MR) is 146 cm³/mol. The molecule has 2 aromatic carbocycles. The number of aliphatic imine (C=N–C) groups is 1. The van der Waals surface area contributed by atoms with Crippen LogP contribution in [0.25, 0.3) is 0 Å². The van der Waals surface area contributed by atoms with Crippen molar-refractivity contribution in [3.05, 3.63) is 91.4 Å². The van der Waals surface area contributed by atoms with Crippen LogP contribution in [0.2, 0.25) is 0 Å². The molecule has 3 aromatic rings. The molecule has 35 heavy (non-hydrogen) atoms. The summed E-state index contributed by atoms with van der Waals surface area (Å²) in [6.45, 7) is 6.87. The van der Waals surface area contributed by atoms with Gasteiger partial charge in [-0.3, -0.25) is 4.79 Å². The van der Waals surface area contributed by atoms with Crippen molar-refractivity contribution in [2.24, 2.45) is 12.0 Å². The minimum absolute atomic E-state index is 0.0202. The van der Waals surface area contributed by atoms with Crippen molar-refractivity contribution in [2.45, 2.75) is 33.4 Å². The second kappa shape index (κ2) is 12.4. The number of amides is 1. The first-order valence-electron chi connectivity index (χ1n) is 11.3. The third-order valence-corrected chi connectivity index (χ3v) is 7.72. The van der Waals surface area contributed by atoms with Gasteiger partial charge < -0.3 is 20.5 Å². The van der Waals surface area contributed by atoms with Gasteiger partial charge in [0.2, 0.25) is 0 Å². The van der Waals surface area contributed by atoms with Gasteiger partial charge in [0.05, 0.1) is 21.7 Å². The standard InChI is InChI=1S/C26H30Br2FN5O/c1-16-12-19(13-17(2)23(16)29)15-32-26(33-18(3)20-8-6-5-7-9-20)31-11-10-30-25(35)22-14-21(27)24(28)34(22)4/h5-9,12-14,18H,10-11,15H2,1-4H3,(H,30,35)(H2,31,32,33). The van der Waals surface area contributed by atoms with Crippen molar-refractivity contribution in [3.63, 3.8) is 0 Å². The number of rotatable bonds is 8. The number of hydrogen-bond acceptors (Lipinski definition) is 2. The molecule has 9 heteroatoms. The lowest BCUT2D eigenvalue weighted by molar-refractivity contribution is 0.0946. The van der Waals surface area contributed by atoms with Gasteiger partial charge in [-0.1, -0.05) is 42.5 Å². The van der Waals surface area contributed by atoms with E-state index in [1.54, 1.807) is 24.5 Å². The SMILES string of the molecule is Cc1cc(CN=C(NCCNC(=O)c2cc(Br)c(Br)n2C)NC(C)c2ccccc2)cc(C)c1F. The van der Waals surface area contributed by atoms with E-state index >= 15 is 0 Å². The van der Waals surface area contributed by atoms with E-state index in [9.17, 15) is 9.18 Å². The summed E-state index contributed by atoms with van der Waals surface area (Å²) < 4.78 is 17.4. The molecule has 1 unspecified atom stereocenters. The van der Waals surface area contributed by atoms with Crippen LogP contribution in [-0.4, -0.2) is 29.5 Å². The van der Waals surface area contributed by atoms with E-state index in [1.165, 1.54) is 0 Å². The van der Waals surface area contributed by atoms with E-state index < -0.39 is 0 Å². The third kappa shape index (κ3) is 7.18. The fourth-order valence-electron chi connectivity index (χ4n) is 3.69. The van der Waals surface area contributed by atoms with Crippen LogP contribution in [0.5, 0.6) is 0 Å². The maximum atomic E-state index is 14.0. The molecule has 0 aliphatic rings. The second-order valence-corrected chi connectivity index (χ2v) is 10.0. The molecule has 0 saturated carbocycles. The molecule has 0 aliphatic heterocycles. The van der Waals surface area contributed by atoms with Crippen molar-refractivity contribution in [1.29, 1.82) is 0 Å². The molecule has 186 valence electrons. The Labute approximate surface area is 222 Å². The summed E-state index contributed by atoms with van der Waals surface area (Å²) >= 11 is 6.86. The maximum Gasteiger partial charge on any atom is 0.268 e. The first-order chi connectivity index (χ1) is 16.7. The quantitative estimate of drug-likeness (QED) is 0.179. The van der Waals surface area contributed by atoms with Gasteiger partial charge in [0.1, 0.15) is 11.5 Å². The summed E-state index contributed by atoms with van der Waals surface area (Å²) in [7, 11) is 1.82. The number of nitrogens with zero attached hydrogens (tertiary/aromatic N) is 2. The predicted octanol–water partition coefficient (Wildman–Crippen LogP) is 5.53. The van der Waals surface area contributed by atoms with Gasteiger partial charge in [-0.15, -0.1) is 0 Å². The molecule has 3 rings (SSSR count). The van der Waals surface area contributed by atoms with Crippen molar-refractivity contribution >= 4 is 43.7 Å².